The molecular formula is C59H82O6Si2. The van der Waals surface area contributed by atoms with Gasteiger partial charge in [-0.2, -0.15) is 0 Å². The fraction of sp³-hybridized carbons (Fsp3) is 0.508. The molecule has 6 rings (SSSR count). The van der Waals surface area contributed by atoms with E-state index < -0.39 is 22.2 Å². The minimum atomic E-state index is -2.96. The van der Waals surface area contributed by atoms with Crippen molar-refractivity contribution in [3.05, 3.63) is 146 Å². The highest BCUT2D eigenvalue weighted by atomic mass is 28.4. The third-order valence-corrected chi connectivity index (χ3v) is 24.6. The van der Waals surface area contributed by atoms with Crippen LogP contribution in [0, 0.1) is 11.8 Å². The van der Waals surface area contributed by atoms with E-state index in [4.69, 9.17) is 23.1 Å². The molecule has 0 amide bonds. The standard InChI is InChI=1S/C59H82O6Si2/c1-10-11-29-43-59(8,65-67(58(5,6)7,49-35-22-16-23-36-49)50-37-24-17-25-38-50)44-42-52-51(39-26-12-13-27-40-55(60)61-9)54(46-53(52)63-56-41-28-30-45-62-56)64-66(57(2,3)4,47-31-18-14-19-32-47)48-33-20-15-21-34-48/h12,14-26,31-38,42,44,51-54,56H,10-11,13,27-30,39-41,43,45-46H2,1-9H3/t51-,52-,53-,54+,56?,59?/m1/s1. The first-order valence-electron chi connectivity index (χ1n) is 25.5. The maximum atomic E-state index is 12.0. The average molecular weight is 943 g/mol. The number of allylic oxidation sites excluding steroid dienone is 2. The third-order valence-electron chi connectivity index (χ3n) is 14.4. The molecule has 2 unspecified atom stereocenters. The van der Waals surface area contributed by atoms with Crippen molar-refractivity contribution in [2.24, 2.45) is 11.8 Å². The van der Waals surface area contributed by atoms with Gasteiger partial charge in [0.05, 0.1) is 24.9 Å². The zero-order valence-electron chi connectivity index (χ0n) is 42.4. The molecule has 4 aromatic rings. The van der Waals surface area contributed by atoms with Gasteiger partial charge in [0.2, 0.25) is 0 Å². The van der Waals surface area contributed by atoms with Crippen molar-refractivity contribution in [1.29, 1.82) is 0 Å². The number of carbonyl (C=O) groups excluding carboxylic acids is 1. The predicted molar refractivity (Wildman–Crippen MR) is 283 cm³/mol. The van der Waals surface area contributed by atoms with Gasteiger partial charge in [-0.25, -0.2) is 0 Å². The topological polar surface area (TPSA) is 63.2 Å². The molecule has 1 aliphatic heterocycles. The molecule has 1 saturated heterocycles. The second-order valence-corrected chi connectivity index (χ2v) is 29.8. The van der Waals surface area contributed by atoms with E-state index in [1.807, 2.05) is 0 Å². The van der Waals surface area contributed by atoms with E-state index in [-0.39, 0.29) is 46.4 Å². The second kappa shape index (κ2) is 24.1. The molecule has 0 bridgehead atoms. The van der Waals surface area contributed by atoms with E-state index in [9.17, 15) is 4.79 Å². The Balaban J connectivity index is 1.50. The van der Waals surface area contributed by atoms with Crippen LogP contribution in [-0.2, 0) is 27.9 Å². The summed E-state index contributed by atoms with van der Waals surface area (Å²) in [6.45, 7) is 19.6. The molecule has 1 saturated carbocycles. The zero-order chi connectivity index (χ0) is 48.0. The molecule has 0 N–H and O–H groups in total. The number of ether oxygens (including phenoxy) is 3. The summed E-state index contributed by atoms with van der Waals surface area (Å²) in [5, 5.41) is 4.76. The van der Waals surface area contributed by atoms with Crippen LogP contribution in [0.25, 0.3) is 0 Å². The van der Waals surface area contributed by atoms with Crippen LogP contribution in [0.4, 0.5) is 0 Å². The summed E-state index contributed by atoms with van der Waals surface area (Å²) in [5.41, 5.74) is -0.586. The van der Waals surface area contributed by atoms with Gasteiger partial charge >= 0.3 is 5.97 Å². The number of esters is 1. The molecule has 0 aromatic heterocycles. The molecule has 6 atom stereocenters. The first-order valence-corrected chi connectivity index (χ1v) is 29.3. The van der Waals surface area contributed by atoms with E-state index in [0.717, 1.165) is 77.2 Å². The molecule has 2 aliphatic rings. The zero-order valence-corrected chi connectivity index (χ0v) is 44.4. The summed E-state index contributed by atoms with van der Waals surface area (Å²) in [7, 11) is -4.44. The number of benzene rings is 4. The van der Waals surface area contributed by atoms with Crippen LogP contribution >= 0.6 is 0 Å². The van der Waals surface area contributed by atoms with Crippen LogP contribution in [-0.4, -0.2) is 60.4 Å². The van der Waals surface area contributed by atoms with Crippen LogP contribution in [0.2, 0.25) is 10.1 Å². The maximum absolute atomic E-state index is 12.0. The lowest BCUT2D eigenvalue weighted by atomic mass is 9.87. The number of methoxy groups -OCH3 is 1. The van der Waals surface area contributed by atoms with Crippen LogP contribution in [0.3, 0.4) is 0 Å². The largest absolute Gasteiger partial charge is 0.469 e. The highest BCUT2D eigenvalue weighted by Gasteiger charge is 2.56. The Labute approximate surface area is 407 Å². The van der Waals surface area contributed by atoms with Crippen molar-refractivity contribution in [2.75, 3.05) is 13.7 Å². The van der Waals surface area contributed by atoms with Crippen molar-refractivity contribution in [3.63, 3.8) is 0 Å². The molecule has 2 fully saturated rings. The summed E-state index contributed by atoms with van der Waals surface area (Å²) in [5.74, 6) is -0.0572. The number of rotatable bonds is 22. The Morgan fingerprint density at radius 3 is 1.70 bits per heavy atom. The molecule has 4 aromatic carbocycles. The lowest BCUT2D eigenvalue weighted by Crippen LogP contribution is -2.69. The maximum Gasteiger partial charge on any atom is 0.305 e. The highest BCUT2D eigenvalue weighted by Crippen LogP contribution is 2.47. The minimum Gasteiger partial charge on any atom is -0.469 e. The smallest absolute Gasteiger partial charge is 0.305 e. The van der Waals surface area contributed by atoms with Crippen molar-refractivity contribution >= 4 is 43.4 Å². The number of unbranched alkanes of at least 4 members (excludes halogenated alkanes) is 3. The summed E-state index contributed by atoms with van der Waals surface area (Å²) in [6, 6.07) is 44.2. The Bertz CT molecular complexity index is 2050. The van der Waals surface area contributed by atoms with Gasteiger partial charge in [0.1, 0.15) is 0 Å². The van der Waals surface area contributed by atoms with Gasteiger partial charge in [-0.15, -0.1) is 0 Å². The SMILES string of the molecule is CCCCCC(C)(C=C[C@@H]1[C@@H](CC=CCCCC(=O)OC)[C@@H](O[Si](c2ccccc2)(c2ccccc2)C(C)(C)C)C[C@H]1OC1CCCCO1)O[Si](c1ccccc1)(c1ccccc1)C(C)(C)C. The number of hydrogen-bond acceptors (Lipinski definition) is 6. The fourth-order valence-electron chi connectivity index (χ4n) is 10.9. The molecule has 8 heteroatoms. The lowest BCUT2D eigenvalue weighted by molar-refractivity contribution is -0.193. The molecule has 1 heterocycles. The lowest BCUT2D eigenvalue weighted by Gasteiger charge is -2.48. The molecule has 0 spiro atoms. The Morgan fingerprint density at radius 2 is 1.22 bits per heavy atom. The van der Waals surface area contributed by atoms with Gasteiger partial charge in [-0.3, -0.25) is 4.79 Å². The molecule has 67 heavy (non-hydrogen) atoms. The van der Waals surface area contributed by atoms with Gasteiger partial charge in [-0.1, -0.05) is 213 Å². The van der Waals surface area contributed by atoms with Gasteiger partial charge in [0, 0.05) is 18.9 Å². The van der Waals surface area contributed by atoms with Gasteiger partial charge < -0.3 is 23.1 Å². The number of hydrogen-bond donors (Lipinski definition) is 0. The van der Waals surface area contributed by atoms with E-state index in [1.54, 1.807) is 0 Å². The highest BCUT2D eigenvalue weighted by molar-refractivity contribution is 7.00. The van der Waals surface area contributed by atoms with Crippen molar-refractivity contribution in [2.45, 2.75) is 167 Å². The molecular weight excluding hydrogens is 861 g/mol. The van der Waals surface area contributed by atoms with Crippen LogP contribution in [0.5, 0.6) is 0 Å². The summed E-state index contributed by atoms with van der Waals surface area (Å²) < 4.78 is 34.8. The average Bonchev–Trinajstić information content (AvgIpc) is 3.65. The van der Waals surface area contributed by atoms with Gasteiger partial charge in [0.15, 0.2) is 6.29 Å². The van der Waals surface area contributed by atoms with Crippen molar-refractivity contribution in [1.82, 2.24) is 0 Å². The first-order chi connectivity index (χ1) is 32.2. The Hall–Kier alpha value is -3.90. The van der Waals surface area contributed by atoms with Crippen LogP contribution in [0.1, 0.15) is 132 Å². The summed E-state index contributed by atoms with van der Waals surface area (Å²) >= 11 is 0. The monoisotopic (exact) mass is 943 g/mol. The van der Waals surface area contributed by atoms with Crippen LogP contribution in [0.15, 0.2) is 146 Å². The molecule has 6 nitrogen and oxygen atoms in total. The normalized spacial score (nSPS) is 21.7. The predicted octanol–water partition coefficient (Wildman–Crippen LogP) is 12.2. The summed E-state index contributed by atoms with van der Waals surface area (Å²) in [4.78, 5) is 12.0. The third kappa shape index (κ3) is 12.9. The first kappa shape index (κ1) is 52.5. The number of carbonyl (C=O) groups is 1. The quantitative estimate of drug-likeness (QED) is 0.0339. The Morgan fingerprint density at radius 1 is 0.687 bits per heavy atom. The summed E-state index contributed by atoms with van der Waals surface area (Å²) in [6.07, 6.45) is 19.8. The second-order valence-electron chi connectivity index (χ2n) is 21.3. The van der Waals surface area contributed by atoms with Crippen molar-refractivity contribution < 1.29 is 27.9 Å². The fourth-order valence-corrected chi connectivity index (χ4v) is 20.5. The van der Waals surface area contributed by atoms with Gasteiger partial charge in [-0.05, 0) is 95.0 Å². The Kier molecular flexibility index (Phi) is 18.9. The molecule has 362 valence electrons. The molecule has 0 radical (unpaired) electrons. The van der Waals surface area contributed by atoms with Crippen molar-refractivity contribution in [3.8, 4) is 0 Å². The van der Waals surface area contributed by atoms with Crippen LogP contribution < -0.4 is 20.7 Å². The van der Waals surface area contributed by atoms with E-state index in [0.29, 0.717) is 6.42 Å². The van der Waals surface area contributed by atoms with Gasteiger partial charge in [0.25, 0.3) is 16.6 Å². The molecule has 1 aliphatic carbocycles. The van der Waals surface area contributed by atoms with E-state index in [2.05, 4.69) is 201 Å². The minimum absolute atomic E-state index is 0.0155. The van der Waals surface area contributed by atoms with E-state index >= 15 is 0 Å². The van der Waals surface area contributed by atoms with E-state index in [1.165, 1.54) is 27.9 Å².